The SMILES string of the molecule is CSCC1CC(c2c[nH]c3c(N)ncnc23)C(O)C1O. The number of hydrogen-bond acceptors (Lipinski definition) is 6. The van der Waals surface area contributed by atoms with Crippen molar-refractivity contribution in [1.82, 2.24) is 15.0 Å². The smallest absolute Gasteiger partial charge is 0.151 e. The maximum Gasteiger partial charge on any atom is 0.151 e. The predicted octanol–water partition coefficient (Wildman–Crippen LogP) is 0.728. The Hall–Kier alpha value is -1.31. The van der Waals surface area contributed by atoms with Crippen molar-refractivity contribution in [3.05, 3.63) is 18.1 Å². The van der Waals surface area contributed by atoms with Gasteiger partial charge in [-0.25, -0.2) is 9.97 Å². The number of fused-ring (bicyclic) bond motifs is 1. The van der Waals surface area contributed by atoms with E-state index in [1.807, 2.05) is 12.5 Å². The number of anilines is 1. The number of rotatable bonds is 3. The Kier molecular flexibility index (Phi) is 3.57. The normalized spacial score (nSPS) is 30.1. The lowest BCUT2D eigenvalue weighted by molar-refractivity contribution is 0.0190. The van der Waals surface area contributed by atoms with E-state index < -0.39 is 12.2 Å². The fourth-order valence-electron chi connectivity index (χ4n) is 3.07. The Bertz CT molecular complexity index is 617. The lowest BCUT2D eigenvalue weighted by atomic mass is 9.96. The van der Waals surface area contributed by atoms with E-state index in [9.17, 15) is 10.2 Å². The zero-order valence-electron chi connectivity index (χ0n) is 11.2. The Balaban J connectivity index is 1.97. The molecule has 7 heteroatoms. The molecule has 1 saturated carbocycles. The minimum absolute atomic E-state index is 0.106. The number of nitrogen functional groups attached to an aromatic ring is 1. The molecule has 0 spiro atoms. The van der Waals surface area contributed by atoms with E-state index >= 15 is 0 Å². The number of nitrogens with one attached hydrogen (secondary N) is 1. The second-order valence-corrected chi connectivity index (χ2v) is 6.18. The molecule has 2 heterocycles. The van der Waals surface area contributed by atoms with E-state index in [0.29, 0.717) is 11.3 Å². The van der Waals surface area contributed by atoms with E-state index in [4.69, 9.17) is 5.73 Å². The maximum atomic E-state index is 10.3. The number of aromatic nitrogens is 3. The second kappa shape index (κ2) is 5.23. The highest BCUT2D eigenvalue weighted by atomic mass is 32.2. The fraction of sp³-hybridized carbons (Fsp3) is 0.538. The topological polar surface area (TPSA) is 108 Å². The van der Waals surface area contributed by atoms with Gasteiger partial charge in [0.05, 0.1) is 17.7 Å². The Morgan fingerprint density at radius 2 is 2.20 bits per heavy atom. The van der Waals surface area contributed by atoms with Crippen LogP contribution in [-0.2, 0) is 0 Å². The molecule has 5 N–H and O–H groups in total. The molecule has 3 rings (SSSR count). The lowest BCUT2D eigenvalue weighted by Gasteiger charge is -2.16. The molecule has 1 aliphatic rings. The van der Waals surface area contributed by atoms with Crippen LogP contribution in [0.4, 0.5) is 5.82 Å². The zero-order valence-corrected chi connectivity index (χ0v) is 12.0. The van der Waals surface area contributed by atoms with Gasteiger partial charge in [0.25, 0.3) is 0 Å². The molecule has 0 bridgehead atoms. The highest BCUT2D eigenvalue weighted by molar-refractivity contribution is 7.98. The molecule has 6 nitrogen and oxygen atoms in total. The summed E-state index contributed by atoms with van der Waals surface area (Å²) in [6, 6.07) is 0. The molecule has 20 heavy (non-hydrogen) atoms. The van der Waals surface area contributed by atoms with Crippen LogP contribution in [0.5, 0.6) is 0 Å². The molecule has 4 unspecified atom stereocenters. The maximum absolute atomic E-state index is 10.3. The van der Waals surface area contributed by atoms with Crippen LogP contribution in [0.3, 0.4) is 0 Å². The first-order valence-electron chi connectivity index (χ1n) is 6.56. The van der Waals surface area contributed by atoms with E-state index in [0.717, 1.165) is 23.3 Å². The average Bonchev–Trinajstić information content (AvgIpc) is 2.97. The molecule has 1 aliphatic carbocycles. The molecule has 0 aliphatic heterocycles. The van der Waals surface area contributed by atoms with Gasteiger partial charge in [0.2, 0.25) is 0 Å². The van der Waals surface area contributed by atoms with Crippen molar-refractivity contribution in [3.8, 4) is 0 Å². The fourth-order valence-corrected chi connectivity index (χ4v) is 3.84. The second-order valence-electron chi connectivity index (χ2n) is 5.27. The first kappa shape index (κ1) is 13.7. The van der Waals surface area contributed by atoms with Gasteiger partial charge >= 0.3 is 0 Å². The number of aliphatic hydroxyl groups excluding tert-OH is 2. The largest absolute Gasteiger partial charge is 0.390 e. The van der Waals surface area contributed by atoms with Crippen LogP contribution in [0.15, 0.2) is 12.5 Å². The van der Waals surface area contributed by atoms with E-state index in [-0.39, 0.29) is 11.8 Å². The number of hydrogen-bond donors (Lipinski definition) is 4. The molecular formula is C13H18N4O2S. The summed E-state index contributed by atoms with van der Waals surface area (Å²) >= 11 is 1.69. The van der Waals surface area contributed by atoms with Crippen molar-refractivity contribution in [3.63, 3.8) is 0 Å². The number of H-pyrrole nitrogens is 1. The van der Waals surface area contributed by atoms with Gasteiger partial charge in [0.1, 0.15) is 11.8 Å². The number of nitrogens with two attached hydrogens (primary N) is 1. The van der Waals surface area contributed by atoms with Crippen molar-refractivity contribution in [2.24, 2.45) is 5.92 Å². The highest BCUT2D eigenvalue weighted by Gasteiger charge is 2.42. The molecule has 4 atom stereocenters. The average molecular weight is 294 g/mol. The third-order valence-electron chi connectivity index (χ3n) is 4.10. The summed E-state index contributed by atoms with van der Waals surface area (Å²) in [5.41, 5.74) is 8.14. The minimum atomic E-state index is -0.762. The summed E-state index contributed by atoms with van der Waals surface area (Å²) in [5, 5.41) is 20.5. The van der Waals surface area contributed by atoms with Crippen LogP contribution in [0.1, 0.15) is 17.9 Å². The molecule has 0 aromatic carbocycles. The van der Waals surface area contributed by atoms with Gasteiger partial charge in [0.15, 0.2) is 5.82 Å². The van der Waals surface area contributed by atoms with Gasteiger partial charge < -0.3 is 20.9 Å². The van der Waals surface area contributed by atoms with Gasteiger partial charge in [0, 0.05) is 17.7 Å². The Morgan fingerprint density at radius 3 is 2.95 bits per heavy atom. The highest BCUT2D eigenvalue weighted by Crippen LogP contribution is 2.42. The molecule has 108 valence electrons. The number of nitrogens with zero attached hydrogens (tertiary/aromatic N) is 2. The van der Waals surface area contributed by atoms with E-state index in [1.165, 1.54) is 6.33 Å². The molecule has 0 saturated heterocycles. The molecule has 0 amide bonds. The summed E-state index contributed by atoms with van der Waals surface area (Å²) in [7, 11) is 0. The van der Waals surface area contributed by atoms with E-state index in [2.05, 4.69) is 15.0 Å². The summed E-state index contributed by atoms with van der Waals surface area (Å²) < 4.78 is 0. The predicted molar refractivity (Wildman–Crippen MR) is 79.5 cm³/mol. The quantitative estimate of drug-likeness (QED) is 0.664. The van der Waals surface area contributed by atoms with Crippen LogP contribution >= 0.6 is 11.8 Å². The number of aliphatic hydroxyl groups is 2. The molecule has 2 aromatic heterocycles. The molecule has 2 aromatic rings. The third kappa shape index (κ3) is 2.06. The molecule has 1 fully saturated rings. The van der Waals surface area contributed by atoms with Crippen molar-refractivity contribution >= 4 is 28.6 Å². The number of thioether (sulfide) groups is 1. The first-order chi connectivity index (χ1) is 9.63. The van der Waals surface area contributed by atoms with Crippen LogP contribution in [0.25, 0.3) is 11.0 Å². The first-order valence-corrected chi connectivity index (χ1v) is 7.95. The summed E-state index contributed by atoms with van der Waals surface area (Å²) in [4.78, 5) is 11.3. The van der Waals surface area contributed by atoms with Gasteiger partial charge in [-0.2, -0.15) is 11.8 Å². The van der Waals surface area contributed by atoms with Crippen LogP contribution in [-0.4, -0.2) is 49.4 Å². The van der Waals surface area contributed by atoms with Gasteiger partial charge in [-0.15, -0.1) is 0 Å². The monoisotopic (exact) mass is 294 g/mol. The molecular weight excluding hydrogens is 276 g/mol. The Morgan fingerprint density at radius 1 is 1.40 bits per heavy atom. The van der Waals surface area contributed by atoms with Crippen molar-refractivity contribution in [2.75, 3.05) is 17.7 Å². The van der Waals surface area contributed by atoms with Crippen molar-refractivity contribution < 1.29 is 10.2 Å². The van der Waals surface area contributed by atoms with Crippen LogP contribution in [0, 0.1) is 5.92 Å². The Labute approximate surface area is 120 Å². The molecule has 0 radical (unpaired) electrons. The van der Waals surface area contributed by atoms with Crippen LogP contribution < -0.4 is 5.73 Å². The van der Waals surface area contributed by atoms with E-state index in [1.54, 1.807) is 11.8 Å². The number of aromatic amines is 1. The third-order valence-corrected chi connectivity index (χ3v) is 4.87. The standard InChI is InChI=1S/C13H18N4O2S/c1-20-4-6-2-7(12(19)11(6)18)8-3-15-10-9(8)16-5-17-13(10)14/h3,5-7,11-12,15,18-19H,2,4H2,1H3,(H2,14,16,17). The van der Waals surface area contributed by atoms with Gasteiger partial charge in [-0.05, 0) is 24.3 Å². The lowest BCUT2D eigenvalue weighted by Crippen LogP contribution is -2.28. The van der Waals surface area contributed by atoms with Crippen LogP contribution in [0.2, 0.25) is 0 Å². The van der Waals surface area contributed by atoms with Crippen molar-refractivity contribution in [2.45, 2.75) is 24.5 Å². The van der Waals surface area contributed by atoms with Gasteiger partial charge in [-0.3, -0.25) is 0 Å². The van der Waals surface area contributed by atoms with Gasteiger partial charge in [-0.1, -0.05) is 0 Å². The zero-order chi connectivity index (χ0) is 14.3. The minimum Gasteiger partial charge on any atom is -0.390 e. The summed E-state index contributed by atoms with van der Waals surface area (Å²) in [5.74, 6) is 1.23. The van der Waals surface area contributed by atoms with Crippen molar-refractivity contribution in [1.29, 1.82) is 0 Å². The summed E-state index contributed by atoms with van der Waals surface area (Å²) in [6.45, 7) is 0. The summed E-state index contributed by atoms with van der Waals surface area (Å²) in [6.07, 6.45) is 4.55.